The highest BCUT2D eigenvalue weighted by molar-refractivity contribution is 7.08. The van der Waals surface area contributed by atoms with Crippen molar-refractivity contribution in [2.75, 3.05) is 0 Å². The number of thiophene rings is 1. The van der Waals surface area contributed by atoms with E-state index in [9.17, 15) is 14.4 Å². The van der Waals surface area contributed by atoms with E-state index in [1.54, 1.807) is 30.7 Å². The van der Waals surface area contributed by atoms with Gasteiger partial charge in [-0.1, -0.05) is 0 Å². The number of carbonyl (C=O) groups is 3. The molecule has 0 saturated carbocycles. The van der Waals surface area contributed by atoms with Gasteiger partial charge in [0.25, 0.3) is 11.8 Å². The highest BCUT2D eigenvalue weighted by Crippen LogP contribution is 2.17. The SMILES string of the molecule is CC(C)N1C(=O)CC(NC(=O)c2ccsc2)C1=O. The molecule has 6 heteroatoms. The molecular weight excluding hydrogens is 252 g/mol. The number of likely N-dealkylation sites (tertiary alicyclic amines) is 1. The molecule has 1 unspecified atom stereocenters. The van der Waals surface area contributed by atoms with Crippen molar-refractivity contribution >= 4 is 29.1 Å². The van der Waals surface area contributed by atoms with E-state index in [4.69, 9.17) is 0 Å². The molecule has 1 fully saturated rings. The molecule has 0 aliphatic carbocycles. The summed E-state index contributed by atoms with van der Waals surface area (Å²) in [6.45, 7) is 3.55. The summed E-state index contributed by atoms with van der Waals surface area (Å²) in [5.41, 5.74) is 0.517. The largest absolute Gasteiger partial charge is 0.340 e. The van der Waals surface area contributed by atoms with Crippen molar-refractivity contribution in [2.45, 2.75) is 32.4 Å². The molecule has 0 bridgehead atoms. The van der Waals surface area contributed by atoms with Crippen molar-refractivity contribution in [3.05, 3.63) is 22.4 Å². The fourth-order valence-electron chi connectivity index (χ4n) is 1.94. The molecule has 2 rings (SSSR count). The van der Waals surface area contributed by atoms with Crippen molar-refractivity contribution in [1.82, 2.24) is 10.2 Å². The van der Waals surface area contributed by atoms with Gasteiger partial charge in [0.1, 0.15) is 6.04 Å². The molecule has 3 amide bonds. The Balaban J connectivity index is 2.06. The molecule has 0 radical (unpaired) electrons. The number of nitrogens with zero attached hydrogens (tertiary/aromatic N) is 1. The summed E-state index contributed by atoms with van der Waals surface area (Å²) >= 11 is 1.41. The fourth-order valence-corrected chi connectivity index (χ4v) is 2.58. The maximum absolute atomic E-state index is 12.0. The first-order chi connectivity index (χ1) is 8.50. The topological polar surface area (TPSA) is 66.5 Å². The lowest BCUT2D eigenvalue weighted by atomic mass is 10.2. The number of hydrogen-bond donors (Lipinski definition) is 1. The second-order valence-electron chi connectivity index (χ2n) is 4.44. The molecule has 0 spiro atoms. The third-order valence-corrected chi connectivity index (χ3v) is 3.47. The maximum atomic E-state index is 12.0. The van der Waals surface area contributed by atoms with E-state index in [1.807, 2.05) is 0 Å². The monoisotopic (exact) mass is 266 g/mol. The molecule has 1 aromatic rings. The molecule has 1 aromatic heterocycles. The highest BCUT2D eigenvalue weighted by Gasteiger charge is 2.40. The van der Waals surface area contributed by atoms with Gasteiger partial charge in [-0.05, 0) is 25.3 Å². The number of hydrogen-bond acceptors (Lipinski definition) is 4. The zero-order valence-electron chi connectivity index (χ0n) is 10.2. The fraction of sp³-hybridized carbons (Fsp3) is 0.417. The number of rotatable bonds is 3. The third-order valence-electron chi connectivity index (χ3n) is 2.79. The smallest absolute Gasteiger partial charge is 0.252 e. The zero-order chi connectivity index (χ0) is 13.3. The summed E-state index contributed by atoms with van der Waals surface area (Å²) in [4.78, 5) is 36.6. The van der Waals surface area contributed by atoms with Crippen LogP contribution >= 0.6 is 11.3 Å². The minimum absolute atomic E-state index is 0.0485. The lowest BCUT2D eigenvalue weighted by molar-refractivity contribution is -0.140. The Morgan fingerprint density at radius 3 is 2.72 bits per heavy atom. The lowest BCUT2D eigenvalue weighted by Crippen LogP contribution is -2.43. The standard InChI is InChI=1S/C12H14N2O3S/c1-7(2)14-10(15)5-9(12(14)17)13-11(16)8-3-4-18-6-8/h3-4,6-7,9H,5H2,1-2H3,(H,13,16). The Morgan fingerprint density at radius 2 is 2.22 bits per heavy atom. The highest BCUT2D eigenvalue weighted by atomic mass is 32.1. The van der Waals surface area contributed by atoms with E-state index in [-0.39, 0.29) is 30.2 Å². The minimum Gasteiger partial charge on any atom is -0.340 e. The second kappa shape index (κ2) is 4.89. The van der Waals surface area contributed by atoms with Gasteiger partial charge in [0.05, 0.1) is 12.0 Å². The van der Waals surface area contributed by atoms with Crippen LogP contribution in [0, 0.1) is 0 Å². The van der Waals surface area contributed by atoms with Crippen LogP contribution in [-0.2, 0) is 9.59 Å². The van der Waals surface area contributed by atoms with E-state index in [1.165, 1.54) is 16.2 Å². The van der Waals surface area contributed by atoms with Crippen molar-refractivity contribution in [3.63, 3.8) is 0 Å². The van der Waals surface area contributed by atoms with Crippen LogP contribution in [0.25, 0.3) is 0 Å². The van der Waals surface area contributed by atoms with E-state index < -0.39 is 6.04 Å². The average molecular weight is 266 g/mol. The Morgan fingerprint density at radius 1 is 1.50 bits per heavy atom. The van der Waals surface area contributed by atoms with Gasteiger partial charge >= 0.3 is 0 Å². The van der Waals surface area contributed by atoms with Crippen molar-refractivity contribution < 1.29 is 14.4 Å². The van der Waals surface area contributed by atoms with Gasteiger partial charge in [-0.25, -0.2) is 0 Å². The van der Waals surface area contributed by atoms with Crippen LogP contribution in [0.4, 0.5) is 0 Å². The summed E-state index contributed by atoms with van der Waals surface area (Å²) < 4.78 is 0. The summed E-state index contributed by atoms with van der Waals surface area (Å²) in [6.07, 6.45) is 0.0485. The molecule has 2 heterocycles. The lowest BCUT2D eigenvalue weighted by Gasteiger charge is -2.19. The van der Waals surface area contributed by atoms with Crippen molar-refractivity contribution in [2.24, 2.45) is 0 Å². The van der Waals surface area contributed by atoms with Crippen LogP contribution in [0.2, 0.25) is 0 Å². The second-order valence-corrected chi connectivity index (χ2v) is 5.22. The van der Waals surface area contributed by atoms with Crippen LogP contribution in [0.1, 0.15) is 30.6 Å². The van der Waals surface area contributed by atoms with Crippen molar-refractivity contribution in [1.29, 1.82) is 0 Å². The van der Waals surface area contributed by atoms with E-state index in [2.05, 4.69) is 5.32 Å². The van der Waals surface area contributed by atoms with Gasteiger partial charge in [0.2, 0.25) is 5.91 Å². The van der Waals surface area contributed by atoms with E-state index in [0.717, 1.165) is 0 Å². The number of imide groups is 1. The van der Waals surface area contributed by atoms with Gasteiger partial charge in [0.15, 0.2) is 0 Å². The third kappa shape index (κ3) is 2.28. The van der Waals surface area contributed by atoms with Crippen LogP contribution in [0.3, 0.4) is 0 Å². The summed E-state index contributed by atoms with van der Waals surface area (Å²) in [6, 6.07) is 0.780. The molecule has 1 atom stereocenters. The molecule has 1 saturated heterocycles. The molecule has 1 aliphatic rings. The maximum Gasteiger partial charge on any atom is 0.252 e. The predicted octanol–water partition coefficient (Wildman–Crippen LogP) is 1.01. The first kappa shape index (κ1) is 12.8. The van der Waals surface area contributed by atoms with E-state index >= 15 is 0 Å². The Labute approximate surface area is 109 Å². The number of amides is 3. The average Bonchev–Trinajstić information content (AvgIpc) is 2.88. The van der Waals surface area contributed by atoms with Gasteiger partial charge in [-0.3, -0.25) is 19.3 Å². The zero-order valence-corrected chi connectivity index (χ0v) is 11.0. The van der Waals surface area contributed by atoms with Crippen LogP contribution < -0.4 is 5.32 Å². The Kier molecular flexibility index (Phi) is 3.47. The van der Waals surface area contributed by atoms with Crippen LogP contribution in [-0.4, -0.2) is 34.7 Å². The minimum atomic E-state index is -0.729. The Hall–Kier alpha value is -1.69. The predicted molar refractivity (Wildman–Crippen MR) is 67.2 cm³/mol. The molecule has 1 N–H and O–H groups in total. The van der Waals surface area contributed by atoms with E-state index in [0.29, 0.717) is 5.56 Å². The van der Waals surface area contributed by atoms with Gasteiger partial charge in [0, 0.05) is 11.4 Å². The molecule has 96 valence electrons. The van der Waals surface area contributed by atoms with Gasteiger partial charge < -0.3 is 5.32 Å². The number of carbonyl (C=O) groups excluding carboxylic acids is 3. The number of nitrogens with one attached hydrogen (secondary N) is 1. The van der Waals surface area contributed by atoms with Crippen LogP contribution in [0.15, 0.2) is 16.8 Å². The molecular formula is C12H14N2O3S. The summed E-state index contributed by atoms with van der Waals surface area (Å²) in [5.74, 6) is -0.864. The first-order valence-electron chi connectivity index (χ1n) is 5.69. The summed E-state index contributed by atoms with van der Waals surface area (Å²) in [5, 5.41) is 6.10. The molecule has 0 aromatic carbocycles. The van der Waals surface area contributed by atoms with Gasteiger partial charge in [-0.2, -0.15) is 11.3 Å². The molecule has 1 aliphatic heterocycles. The molecule has 5 nitrogen and oxygen atoms in total. The molecule has 18 heavy (non-hydrogen) atoms. The summed E-state index contributed by atoms with van der Waals surface area (Å²) in [7, 11) is 0. The van der Waals surface area contributed by atoms with Crippen molar-refractivity contribution in [3.8, 4) is 0 Å². The quantitative estimate of drug-likeness (QED) is 0.830. The Bertz CT molecular complexity index is 482. The van der Waals surface area contributed by atoms with Gasteiger partial charge in [-0.15, -0.1) is 0 Å². The first-order valence-corrected chi connectivity index (χ1v) is 6.64. The van der Waals surface area contributed by atoms with Crippen LogP contribution in [0.5, 0.6) is 0 Å². The normalized spacial score (nSPS) is 19.7.